The van der Waals surface area contributed by atoms with Gasteiger partial charge in [-0.1, -0.05) is 35.5 Å². The molecule has 0 atom stereocenters. The summed E-state index contributed by atoms with van der Waals surface area (Å²) in [4.78, 5) is 0. The van der Waals surface area contributed by atoms with Crippen molar-refractivity contribution in [1.82, 2.24) is 19.7 Å². The van der Waals surface area contributed by atoms with Gasteiger partial charge in [0.15, 0.2) is 4.60 Å². The highest BCUT2D eigenvalue weighted by Gasteiger charge is 2.23. The van der Waals surface area contributed by atoms with Crippen molar-refractivity contribution in [2.45, 2.75) is 11.4 Å². The lowest BCUT2D eigenvalue weighted by Crippen LogP contribution is -2.28. The molecule has 0 aliphatic rings. The smallest absolute Gasteiger partial charge is 0.235 e. The Morgan fingerprint density at radius 1 is 1.32 bits per heavy atom. The van der Waals surface area contributed by atoms with Crippen molar-refractivity contribution >= 4 is 26.0 Å². The number of rotatable bonds is 5. The standard InChI is InChI=1S/C11H13BrN4O2S/c1-16-11(10(12)14-15-16)19(17,18)13-8-7-9-5-3-2-4-6-9/h2-6,13H,7-8H2,1H3. The predicted octanol–water partition coefficient (Wildman–Crippen LogP) is 1.10. The van der Waals surface area contributed by atoms with E-state index in [0.29, 0.717) is 13.0 Å². The average molecular weight is 345 g/mol. The maximum Gasteiger partial charge on any atom is 0.260 e. The molecule has 0 aliphatic carbocycles. The highest BCUT2D eigenvalue weighted by atomic mass is 79.9. The number of benzene rings is 1. The Bertz CT molecular complexity index is 635. The Morgan fingerprint density at radius 2 is 2.00 bits per heavy atom. The predicted molar refractivity (Wildman–Crippen MR) is 74.0 cm³/mol. The second-order valence-electron chi connectivity index (χ2n) is 3.94. The normalized spacial score (nSPS) is 11.7. The minimum atomic E-state index is -3.61. The Balaban J connectivity index is 2.03. The third-order valence-electron chi connectivity index (χ3n) is 2.54. The van der Waals surface area contributed by atoms with Crippen molar-refractivity contribution in [3.05, 3.63) is 40.5 Å². The van der Waals surface area contributed by atoms with Crippen molar-refractivity contribution in [1.29, 1.82) is 0 Å². The minimum Gasteiger partial charge on any atom is -0.235 e. The van der Waals surface area contributed by atoms with E-state index in [1.165, 1.54) is 11.7 Å². The summed E-state index contributed by atoms with van der Waals surface area (Å²) in [5.41, 5.74) is 1.08. The van der Waals surface area contributed by atoms with Crippen molar-refractivity contribution in [2.75, 3.05) is 6.54 Å². The van der Waals surface area contributed by atoms with Crippen molar-refractivity contribution in [3.63, 3.8) is 0 Å². The largest absolute Gasteiger partial charge is 0.260 e. The highest BCUT2D eigenvalue weighted by molar-refractivity contribution is 9.10. The van der Waals surface area contributed by atoms with E-state index in [1.807, 2.05) is 30.3 Å². The van der Waals surface area contributed by atoms with E-state index in [4.69, 9.17) is 0 Å². The fraction of sp³-hybridized carbons (Fsp3) is 0.273. The zero-order chi connectivity index (χ0) is 13.9. The lowest BCUT2D eigenvalue weighted by atomic mass is 10.2. The molecule has 0 saturated heterocycles. The van der Waals surface area contributed by atoms with E-state index in [2.05, 4.69) is 31.0 Å². The molecule has 1 aromatic heterocycles. The van der Waals surface area contributed by atoms with Gasteiger partial charge in [-0.15, -0.1) is 5.10 Å². The topological polar surface area (TPSA) is 76.9 Å². The zero-order valence-electron chi connectivity index (χ0n) is 10.2. The van der Waals surface area contributed by atoms with E-state index in [1.54, 1.807) is 0 Å². The molecular formula is C11H13BrN4O2S. The number of aromatic nitrogens is 3. The van der Waals surface area contributed by atoms with Crippen LogP contribution in [-0.4, -0.2) is 30.0 Å². The zero-order valence-corrected chi connectivity index (χ0v) is 12.6. The number of aryl methyl sites for hydroxylation is 1. The minimum absolute atomic E-state index is 0.0283. The SMILES string of the molecule is Cn1nnc(Br)c1S(=O)(=O)NCCc1ccccc1. The average Bonchev–Trinajstić information content (AvgIpc) is 2.70. The van der Waals surface area contributed by atoms with Crippen LogP contribution in [0.4, 0.5) is 0 Å². The number of nitrogens with zero attached hydrogens (tertiary/aromatic N) is 3. The molecule has 1 aromatic carbocycles. The molecule has 0 saturated carbocycles. The lowest BCUT2D eigenvalue weighted by molar-refractivity contribution is 0.560. The Labute approximate surface area is 120 Å². The molecule has 1 N–H and O–H groups in total. The van der Waals surface area contributed by atoms with Gasteiger partial charge in [-0.3, -0.25) is 0 Å². The number of halogens is 1. The summed E-state index contributed by atoms with van der Waals surface area (Å²) in [5, 5.41) is 7.34. The first-order valence-electron chi connectivity index (χ1n) is 5.59. The van der Waals surface area contributed by atoms with Crippen LogP contribution in [0.5, 0.6) is 0 Å². The molecule has 0 spiro atoms. The first-order valence-corrected chi connectivity index (χ1v) is 7.87. The number of sulfonamides is 1. The van der Waals surface area contributed by atoms with Crippen LogP contribution in [0.3, 0.4) is 0 Å². The van der Waals surface area contributed by atoms with E-state index in [-0.39, 0.29) is 9.63 Å². The van der Waals surface area contributed by atoms with E-state index in [9.17, 15) is 8.42 Å². The van der Waals surface area contributed by atoms with Crippen LogP contribution in [0, 0.1) is 0 Å². The third-order valence-corrected chi connectivity index (χ3v) is 4.89. The maximum atomic E-state index is 12.1. The summed E-state index contributed by atoms with van der Waals surface area (Å²) in [5.74, 6) is 0. The van der Waals surface area contributed by atoms with Crippen LogP contribution >= 0.6 is 15.9 Å². The van der Waals surface area contributed by atoms with Crippen molar-refractivity contribution in [2.24, 2.45) is 7.05 Å². The summed E-state index contributed by atoms with van der Waals surface area (Å²) >= 11 is 3.08. The Hall–Kier alpha value is -1.25. The first kappa shape index (κ1) is 14.2. The van der Waals surface area contributed by atoms with E-state index < -0.39 is 10.0 Å². The summed E-state index contributed by atoms with van der Waals surface area (Å²) in [6.07, 6.45) is 0.628. The van der Waals surface area contributed by atoms with Crippen LogP contribution in [0.1, 0.15) is 5.56 Å². The van der Waals surface area contributed by atoms with E-state index >= 15 is 0 Å². The molecule has 0 amide bonds. The molecule has 8 heteroatoms. The molecule has 0 radical (unpaired) electrons. The molecule has 2 rings (SSSR count). The van der Waals surface area contributed by atoms with Gasteiger partial charge in [0.05, 0.1) is 0 Å². The lowest BCUT2D eigenvalue weighted by Gasteiger charge is -2.06. The monoisotopic (exact) mass is 344 g/mol. The van der Waals surface area contributed by atoms with Crippen molar-refractivity contribution in [3.8, 4) is 0 Å². The van der Waals surface area contributed by atoms with Gasteiger partial charge in [0.1, 0.15) is 0 Å². The van der Waals surface area contributed by atoms with Gasteiger partial charge in [-0.2, -0.15) is 0 Å². The fourth-order valence-corrected chi connectivity index (χ4v) is 3.77. The summed E-state index contributed by atoms with van der Waals surface area (Å²) in [6.45, 7) is 0.323. The highest BCUT2D eigenvalue weighted by Crippen LogP contribution is 2.17. The molecule has 6 nitrogen and oxygen atoms in total. The van der Waals surface area contributed by atoms with Gasteiger partial charge < -0.3 is 0 Å². The van der Waals surface area contributed by atoms with Gasteiger partial charge in [0.25, 0.3) is 10.0 Å². The summed E-state index contributed by atoms with van der Waals surface area (Å²) < 4.78 is 28.1. The van der Waals surface area contributed by atoms with Gasteiger partial charge in [0, 0.05) is 13.6 Å². The Kier molecular flexibility index (Phi) is 4.33. The van der Waals surface area contributed by atoms with E-state index in [0.717, 1.165) is 5.56 Å². The molecule has 0 fully saturated rings. The molecule has 0 unspecified atom stereocenters. The number of hydrogen-bond acceptors (Lipinski definition) is 4. The second-order valence-corrected chi connectivity index (χ2v) is 6.38. The maximum absolute atomic E-state index is 12.1. The van der Waals surface area contributed by atoms with Gasteiger partial charge in [0.2, 0.25) is 5.03 Å². The molecule has 0 bridgehead atoms. The van der Waals surface area contributed by atoms with Crippen LogP contribution in [0.15, 0.2) is 40.0 Å². The molecular weight excluding hydrogens is 332 g/mol. The molecule has 102 valence electrons. The van der Waals surface area contributed by atoms with Crippen LogP contribution in [-0.2, 0) is 23.5 Å². The van der Waals surface area contributed by atoms with Crippen LogP contribution in [0.25, 0.3) is 0 Å². The summed E-state index contributed by atoms with van der Waals surface area (Å²) in [7, 11) is -2.08. The molecule has 0 aliphatic heterocycles. The first-order chi connectivity index (χ1) is 9.00. The molecule has 1 heterocycles. The van der Waals surface area contributed by atoms with Gasteiger partial charge >= 0.3 is 0 Å². The number of hydrogen-bond donors (Lipinski definition) is 1. The second kappa shape index (κ2) is 5.81. The van der Waals surface area contributed by atoms with Gasteiger partial charge in [-0.05, 0) is 27.9 Å². The van der Waals surface area contributed by atoms with Crippen LogP contribution < -0.4 is 4.72 Å². The quantitative estimate of drug-likeness (QED) is 0.880. The van der Waals surface area contributed by atoms with Crippen molar-refractivity contribution < 1.29 is 8.42 Å². The fourth-order valence-electron chi connectivity index (χ4n) is 1.65. The summed E-state index contributed by atoms with van der Waals surface area (Å²) in [6, 6.07) is 9.68. The number of nitrogens with one attached hydrogen (secondary N) is 1. The van der Waals surface area contributed by atoms with Gasteiger partial charge in [-0.25, -0.2) is 17.8 Å². The van der Waals surface area contributed by atoms with Crippen LogP contribution in [0.2, 0.25) is 0 Å². The third kappa shape index (κ3) is 3.40. The Morgan fingerprint density at radius 3 is 2.58 bits per heavy atom. The molecule has 19 heavy (non-hydrogen) atoms. The molecule has 2 aromatic rings.